The lowest BCUT2D eigenvalue weighted by Crippen LogP contribution is -1.98. The molecule has 1 aromatic rings. The molecule has 0 spiro atoms. The fraction of sp³-hybridized carbons (Fsp3) is 0.588. The Morgan fingerprint density at radius 2 is 1.60 bits per heavy atom. The molecule has 0 radical (unpaired) electrons. The fourth-order valence-electron chi connectivity index (χ4n) is 2.07. The summed E-state index contributed by atoms with van der Waals surface area (Å²) in [4.78, 5) is 13.4. The summed E-state index contributed by atoms with van der Waals surface area (Å²) in [5.74, 6) is 0. The van der Waals surface area contributed by atoms with Crippen LogP contribution in [0, 0.1) is 0 Å². The highest BCUT2D eigenvalue weighted by atomic mass is 16.5. The van der Waals surface area contributed by atoms with Crippen LogP contribution < -0.4 is 0 Å². The Balaban J connectivity index is 1.80. The Morgan fingerprint density at radius 3 is 2.35 bits per heavy atom. The molecule has 0 bridgehead atoms. The van der Waals surface area contributed by atoms with E-state index < -0.39 is 0 Å². The van der Waals surface area contributed by atoms with Crippen molar-refractivity contribution in [1.29, 1.82) is 0 Å². The van der Waals surface area contributed by atoms with Gasteiger partial charge < -0.3 is 4.74 Å². The topological polar surface area (TPSA) is 38.7 Å². The Morgan fingerprint density at radius 1 is 0.900 bits per heavy atom. The third kappa shape index (κ3) is 9.48. The molecule has 3 heteroatoms. The van der Waals surface area contributed by atoms with Crippen LogP contribution in [0.25, 0.3) is 0 Å². The molecule has 0 N–H and O–H groups in total. The van der Waals surface area contributed by atoms with Crippen molar-refractivity contribution in [3.63, 3.8) is 0 Å². The van der Waals surface area contributed by atoms with Gasteiger partial charge in [0.2, 0.25) is 6.08 Å². The van der Waals surface area contributed by atoms with E-state index in [1.165, 1.54) is 12.0 Å². The van der Waals surface area contributed by atoms with Crippen molar-refractivity contribution in [2.75, 3.05) is 19.8 Å². The summed E-state index contributed by atoms with van der Waals surface area (Å²) in [6.07, 6.45) is 9.36. The van der Waals surface area contributed by atoms with Crippen LogP contribution in [0.3, 0.4) is 0 Å². The van der Waals surface area contributed by atoms with E-state index in [1.54, 1.807) is 6.08 Å². The first-order valence-corrected chi connectivity index (χ1v) is 7.59. The third-order valence-corrected chi connectivity index (χ3v) is 3.22. The van der Waals surface area contributed by atoms with Gasteiger partial charge in [-0.05, 0) is 37.7 Å². The van der Waals surface area contributed by atoms with Gasteiger partial charge in [-0.2, -0.15) is 0 Å². The van der Waals surface area contributed by atoms with E-state index in [1.807, 2.05) is 0 Å². The van der Waals surface area contributed by atoms with Crippen LogP contribution in [-0.2, 0) is 16.0 Å². The summed E-state index contributed by atoms with van der Waals surface area (Å²) in [7, 11) is 0. The van der Waals surface area contributed by atoms with E-state index in [9.17, 15) is 4.79 Å². The predicted molar refractivity (Wildman–Crippen MR) is 81.7 cm³/mol. The first-order valence-electron chi connectivity index (χ1n) is 7.59. The standard InChI is InChI=1S/C17H25NO2/c19-16-18-13-7-1-2-8-14-20-15-9-6-12-17-10-4-3-5-11-17/h3-5,10-11H,1-2,6-9,12-15H2. The quantitative estimate of drug-likeness (QED) is 0.329. The van der Waals surface area contributed by atoms with Crippen molar-refractivity contribution in [2.24, 2.45) is 4.99 Å². The smallest absolute Gasteiger partial charge is 0.234 e. The zero-order chi connectivity index (χ0) is 14.3. The highest BCUT2D eigenvalue weighted by molar-refractivity contribution is 5.32. The van der Waals surface area contributed by atoms with Gasteiger partial charge in [-0.3, -0.25) is 0 Å². The van der Waals surface area contributed by atoms with Crippen molar-refractivity contribution in [3.8, 4) is 0 Å². The van der Waals surface area contributed by atoms with E-state index in [4.69, 9.17) is 4.74 Å². The largest absolute Gasteiger partial charge is 0.381 e. The number of aliphatic imine (C=N–C) groups is 1. The number of benzene rings is 1. The summed E-state index contributed by atoms with van der Waals surface area (Å²) in [5.41, 5.74) is 1.41. The maximum absolute atomic E-state index is 9.84. The summed E-state index contributed by atoms with van der Waals surface area (Å²) in [6, 6.07) is 10.6. The van der Waals surface area contributed by atoms with Crippen molar-refractivity contribution in [1.82, 2.24) is 0 Å². The Hall–Kier alpha value is -1.44. The molecule has 1 aromatic carbocycles. The van der Waals surface area contributed by atoms with Crippen LogP contribution in [0.15, 0.2) is 35.3 Å². The number of unbranched alkanes of at least 4 members (excludes halogenated alkanes) is 4. The van der Waals surface area contributed by atoms with Gasteiger partial charge >= 0.3 is 0 Å². The first-order chi connectivity index (χ1) is 9.93. The number of ether oxygens (including phenoxy) is 1. The third-order valence-electron chi connectivity index (χ3n) is 3.22. The van der Waals surface area contributed by atoms with Crippen LogP contribution in [-0.4, -0.2) is 25.8 Å². The van der Waals surface area contributed by atoms with Gasteiger partial charge in [0.05, 0.1) is 6.54 Å². The van der Waals surface area contributed by atoms with Crippen LogP contribution in [0.5, 0.6) is 0 Å². The zero-order valence-electron chi connectivity index (χ0n) is 12.2. The molecule has 20 heavy (non-hydrogen) atoms. The summed E-state index contributed by atoms with van der Waals surface area (Å²) < 4.78 is 5.61. The minimum absolute atomic E-state index is 0.615. The molecule has 0 aliphatic heterocycles. The van der Waals surface area contributed by atoms with Crippen LogP contribution in [0.2, 0.25) is 0 Å². The molecule has 1 rings (SSSR count). The molecule has 0 aromatic heterocycles. The van der Waals surface area contributed by atoms with E-state index in [-0.39, 0.29) is 0 Å². The molecular formula is C17H25NO2. The lowest BCUT2D eigenvalue weighted by molar-refractivity contribution is 0.126. The average molecular weight is 275 g/mol. The maximum Gasteiger partial charge on any atom is 0.234 e. The first kappa shape index (κ1) is 16.6. The fourth-order valence-corrected chi connectivity index (χ4v) is 2.07. The van der Waals surface area contributed by atoms with Gasteiger partial charge in [-0.15, -0.1) is 0 Å². The van der Waals surface area contributed by atoms with Crippen molar-refractivity contribution < 1.29 is 9.53 Å². The number of nitrogens with zero attached hydrogens (tertiary/aromatic N) is 1. The normalized spacial score (nSPS) is 10.2. The zero-order valence-corrected chi connectivity index (χ0v) is 12.2. The molecule has 0 aliphatic carbocycles. The highest BCUT2D eigenvalue weighted by Crippen LogP contribution is 2.05. The number of aryl methyl sites for hydroxylation is 1. The summed E-state index contributed by atoms with van der Waals surface area (Å²) in [6.45, 7) is 2.33. The molecule has 3 nitrogen and oxygen atoms in total. The second-order valence-corrected chi connectivity index (χ2v) is 4.94. The molecule has 0 amide bonds. The SMILES string of the molecule is O=C=NCCCCCCOCCCCc1ccccc1. The number of rotatable bonds is 12. The Bertz CT molecular complexity index is 372. The lowest BCUT2D eigenvalue weighted by atomic mass is 10.1. The lowest BCUT2D eigenvalue weighted by Gasteiger charge is -2.04. The average Bonchev–Trinajstić information content (AvgIpc) is 2.49. The van der Waals surface area contributed by atoms with Gasteiger partial charge in [0.15, 0.2) is 0 Å². The second kappa shape index (κ2) is 12.6. The Labute approximate surface area is 122 Å². The van der Waals surface area contributed by atoms with E-state index >= 15 is 0 Å². The van der Waals surface area contributed by atoms with E-state index in [0.29, 0.717) is 6.54 Å². The Kier molecular flexibility index (Phi) is 10.5. The summed E-state index contributed by atoms with van der Waals surface area (Å²) >= 11 is 0. The molecule has 0 atom stereocenters. The molecule has 0 saturated heterocycles. The van der Waals surface area contributed by atoms with Crippen LogP contribution in [0.4, 0.5) is 0 Å². The van der Waals surface area contributed by atoms with Gasteiger partial charge in [0.1, 0.15) is 0 Å². The minimum atomic E-state index is 0.615. The maximum atomic E-state index is 9.84. The molecule has 0 saturated carbocycles. The number of hydrogen-bond acceptors (Lipinski definition) is 3. The number of hydrogen-bond donors (Lipinski definition) is 0. The van der Waals surface area contributed by atoms with Gasteiger partial charge in [0.25, 0.3) is 0 Å². The van der Waals surface area contributed by atoms with Crippen molar-refractivity contribution in [3.05, 3.63) is 35.9 Å². The van der Waals surface area contributed by atoms with Crippen LogP contribution >= 0.6 is 0 Å². The molecule has 0 unspecified atom stereocenters. The number of carbonyl (C=O) groups excluding carboxylic acids is 1. The predicted octanol–water partition coefficient (Wildman–Crippen LogP) is 3.92. The second-order valence-electron chi connectivity index (χ2n) is 4.94. The minimum Gasteiger partial charge on any atom is -0.381 e. The van der Waals surface area contributed by atoms with E-state index in [2.05, 4.69) is 35.3 Å². The van der Waals surface area contributed by atoms with Gasteiger partial charge in [-0.1, -0.05) is 43.2 Å². The molecule has 0 aliphatic rings. The highest BCUT2D eigenvalue weighted by Gasteiger charge is 1.94. The number of isocyanates is 1. The van der Waals surface area contributed by atoms with Crippen molar-refractivity contribution in [2.45, 2.75) is 44.9 Å². The molecule has 0 fully saturated rings. The molecule has 110 valence electrons. The monoisotopic (exact) mass is 275 g/mol. The molecular weight excluding hydrogens is 250 g/mol. The molecule has 0 heterocycles. The van der Waals surface area contributed by atoms with Crippen LogP contribution in [0.1, 0.15) is 44.1 Å². The van der Waals surface area contributed by atoms with Crippen molar-refractivity contribution >= 4 is 6.08 Å². The summed E-state index contributed by atoms with van der Waals surface area (Å²) in [5, 5.41) is 0. The van der Waals surface area contributed by atoms with Gasteiger partial charge in [-0.25, -0.2) is 9.79 Å². The van der Waals surface area contributed by atoms with E-state index in [0.717, 1.165) is 51.7 Å². The van der Waals surface area contributed by atoms with Gasteiger partial charge in [0, 0.05) is 13.2 Å².